The summed E-state index contributed by atoms with van der Waals surface area (Å²) < 4.78 is 0. The highest BCUT2D eigenvalue weighted by molar-refractivity contribution is 6.13. The van der Waals surface area contributed by atoms with E-state index >= 15 is 0 Å². The van der Waals surface area contributed by atoms with Gasteiger partial charge < -0.3 is 15.5 Å². The molecule has 12 rings (SSSR count). The standard InChI is InChI=1S/C58H42N4/c1-4-16-39(17-5-1)40-29-31-41(32-30-40)52-38-53(61-57(60-52)42-18-6-2-7-19-42)45-21-14-20-43(36-45)44-33-34-47-48-24-15-35-59-56(48)58(51(47)37-44)49-25-10-12-27-54(49)62(46-22-8-3-9-23-46)55-28-13-11-26-50(55)58/h1-34,36-38,57,59-60H,35H2. The molecule has 0 amide bonds. The Kier molecular flexibility index (Phi) is 8.49. The molecule has 294 valence electrons. The van der Waals surface area contributed by atoms with Crippen molar-refractivity contribution in [2.24, 2.45) is 4.99 Å². The number of rotatable bonds is 6. The summed E-state index contributed by atoms with van der Waals surface area (Å²) in [5.41, 5.74) is 20.6. The first-order valence-corrected chi connectivity index (χ1v) is 21.5. The Bertz CT molecular complexity index is 3090. The van der Waals surface area contributed by atoms with Crippen molar-refractivity contribution < 1.29 is 0 Å². The fourth-order valence-corrected chi connectivity index (χ4v) is 10.1. The predicted molar refractivity (Wildman–Crippen MR) is 256 cm³/mol. The van der Waals surface area contributed by atoms with Crippen LogP contribution in [-0.4, -0.2) is 12.3 Å². The molecule has 0 bridgehead atoms. The molecular weight excluding hydrogens is 753 g/mol. The zero-order chi connectivity index (χ0) is 41.0. The number of benzene rings is 8. The largest absolute Gasteiger partial charge is 0.383 e. The topological polar surface area (TPSA) is 39.7 Å². The van der Waals surface area contributed by atoms with Gasteiger partial charge in [-0.05, 0) is 98.1 Å². The Labute approximate surface area is 362 Å². The maximum Gasteiger partial charge on any atom is 0.145 e. The minimum atomic E-state index is -0.544. The van der Waals surface area contributed by atoms with Crippen molar-refractivity contribution in [3.63, 3.8) is 0 Å². The molecule has 0 saturated heterocycles. The molecule has 0 saturated carbocycles. The second kappa shape index (κ2) is 14.6. The fraction of sp³-hybridized carbons (Fsp3) is 0.0517. The molecular formula is C58H42N4. The molecule has 4 heteroatoms. The Morgan fingerprint density at radius 1 is 0.500 bits per heavy atom. The van der Waals surface area contributed by atoms with Crippen LogP contribution in [-0.2, 0) is 5.41 Å². The molecule has 4 aliphatic rings. The summed E-state index contributed by atoms with van der Waals surface area (Å²) in [5.74, 6) is 0. The molecule has 2 N–H and O–H groups in total. The Hall–Kier alpha value is -7.95. The van der Waals surface area contributed by atoms with Gasteiger partial charge in [0.25, 0.3) is 0 Å². The molecule has 3 aliphatic heterocycles. The van der Waals surface area contributed by atoms with Crippen molar-refractivity contribution in [3.05, 3.63) is 269 Å². The Morgan fingerprint density at radius 3 is 1.82 bits per heavy atom. The summed E-state index contributed by atoms with van der Waals surface area (Å²) in [6.45, 7) is 0.782. The van der Waals surface area contributed by atoms with Crippen LogP contribution < -0.4 is 15.5 Å². The number of aliphatic imine (C=N–C) groups is 1. The molecule has 0 aromatic heterocycles. The van der Waals surface area contributed by atoms with Crippen LogP contribution in [0.4, 0.5) is 17.1 Å². The third-order valence-corrected chi connectivity index (χ3v) is 12.9. The van der Waals surface area contributed by atoms with E-state index in [-0.39, 0.29) is 6.17 Å². The lowest BCUT2D eigenvalue weighted by atomic mass is 9.65. The van der Waals surface area contributed by atoms with Crippen LogP contribution in [0.2, 0.25) is 0 Å². The van der Waals surface area contributed by atoms with Gasteiger partial charge in [0.1, 0.15) is 6.17 Å². The van der Waals surface area contributed by atoms with Gasteiger partial charge >= 0.3 is 0 Å². The number of dihydropyridines is 1. The third kappa shape index (κ3) is 5.72. The van der Waals surface area contributed by atoms with E-state index in [4.69, 9.17) is 4.99 Å². The SMILES string of the molecule is C1=CC2=C(NC1)C1(c3cc(-c4cccc(C5=NC(c6ccccc6)NC(c6ccc(-c7ccccc7)cc6)=C5)c4)ccc32)c2ccccc2N(c2ccccc2)c2ccccc21. The highest BCUT2D eigenvalue weighted by Gasteiger charge is 2.53. The van der Waals surface area contributed by atoms with Gasteiger partial charge in [-0.3, -0.25) is 4.99 Å². The van der Waals surface area contributed by atoms with Crippen LogP contribution in [0.5, 0.6) is 0 Å². The van der Waals surface area contributed by atoms with Crippen LogP contribution in [0.3, 0.4) is 0 Å². The number of hydrogen-bond acceptors (Lipinski definition) is 4. The number of allylic oxidation sites excluding steroid dienone is 4. The van der Waals surface area contributed by atoms with Crippen LogP contribution in [0, 0.1) is 0 Å². The van der Waals surface area contributed by atoms with Gasteiger partial charge in [-0.2, -0.15) is 0 Å². The second-order valence-corrected chi connectivity index (χ2v) is 16.3. The summed E-state index contributed by atoms with van der Waals surface area (Å²) in [5, 5.41) is 7.69. The number of nitrogens with zero attached hydrogens (tertiary/aromatic N) is 2. The molecule has 0 fully saturated rings. The van der Waals surface area contributed by atoms with Crippen molar-refractivity contribution >= 4 is 34.0 Å². The highest BCUT2D eigenvalue weighted by Crippen LogP contribution is 2.62. The molecule has 1 aliphatic carbocycles. The van der Waals surface area contributed by atoms with E-state index in [0.29, 0.717) is 0 Å². The third-order valence-electron chi connectivity index (χ3n) is 12.9. The number of para-hydroxylation sites is 3. The summed E-state index contributed by atoms with van der Waals surface area (Å²) in [4.78, 5) is 7.79. The van der Waals surface area contributed by atoms with Gasteiger partial charge in [-0.1, -0.05) is 182 Å². The van der Waals surface area contributed by atoms with Gasteiger partial charge in [0.05, 0.1) is 22.5 Å². The molecule has 62 heavy (non-hydrogen) atoms. The van der Waals surface area contributed by atoms with Crippen molar-refractivity contribution in [2.75, 3.05) is 11.4 Å². The molecule has 0 radical (unpaired) electrons. The summed E-state index contributed by atoms with van der Waals surface area (Å²) in [7, 11) is 0. The van der Waals surface area contributed by atoms with Crippen LogP contribution in [0.25, 0.3) is 33.5 Å². The lowest BCUT2D eigenvalue weighted by Crippen LogP contribution is -2.41. The van der Waals surface area contributed by atoms with Gasteiger partial charge in [-0.25, -0.2) is 0 Å². The van der Waals surface area contributed by atoms with Crippen molar-refractivity contribution in [1.82, 2.24) is 10.6 Å². The lowest BCUT2D eigenvalue weighted by Gasteiger charge is -2.46. The van der Waals surface area contributed by atoms with E-state index in [9.17, 15) is 0 Å². The highest BCUT2D eigenvalue weighted by atomic mass is 15.2. The molecule has 3 heterocycles. The number of hydrogen-bond donors (Lipinski definition) is 2. The normalized spacial score (nSPS) is 16.6. The van der Waals surface area contributed by atoms with E-state index < -0.39 is 5.41 Å². The Morgan fingerprint density at radius 2 is 1.08 bits per heavy atom. The van der Waals surface area contributed by atoms with Crippen molar-refractivity contribution in [3.8, 4) is 22.3 Å². The maximum absolute atomic E-state index is 5.36. The first-order chi connectivity index (χ1) is 30.7. The Balaban J connectivity index is 0.989. The first kappa shape index (κ1) is 35.9. The predicted octanol–water partition coefficient (Wildman–Crippen LogP) is 13.2. The summed E-state index contributed by atoms with van der Waals surface area (Å²) in [6, 6.07) is 74.7. The maximum atomic E-state index is 5.36. The lowest BCUT2D eigenvalue weighted by molar-refractivity contribution is 0.659. The monoisotopic (exact) mass is 794 g/mol. The average Bonchev–Trinajstić information content (AvgIpc) is 3.65. The van der Waals surface area contributed by atoms with E-state index in [1.54, 1.807) is 0 Å². The van der Waals surface area contributed by atoms with E-state index in [1.807, 2.05) is 0 Å². The number of fused-ring (bicyclic) bond motifs is 8. The first-order valence-electron chi connectivity index (χ1n) is 21.5. The van der Waals surface area contributed by atoms with Gasteiger partial charge in [-0.15, -0.1) is 0 Å². The smallest absolute Gasteiger partial charge is 0.145 e. The zero-order valence-electron chi connectivity index (χ0n) is 34.0. The van der Waals surface area contributed by atoms with E-state index in [0.717, 1.165) is 45.9 Å². The quantitative estimate of drug-likeness (QED) is 0.176. The molecule has 1 atom stereocenters. The van der Waals surface area contributed by atoms with Crippen LogP contribution >= 0.6 is 0 Å². The number of anilines is 3. The minimum Gasteiger partial charge on any atom is -0.383 e. The van der Waals surface area contributed by atoms with Crippen LogP contribution in [0.1, 0.15) is 45.1 Å². The van der Waals surface area contributed by atoms with Crippen molar-refractivity contribution in [1.29, 1.82) is 0 Å². The van der Waals surface area contributed by atoms with Crippen LogP contribution in [0.15, 0.2) is 235 Å². The zero-order valence-corrected chi connectivity index (χ0v) is 34.0. The molecule has 8 aromatic rings. The van der Waals surface area contributed by atoms with E-state index in [2.05, 4.69) is 240 Å². The minimum absolute atomic E-state index is 0.233. The number of nitrogens with one attached hydrogen (secondary N) is 2. The molecule has 1 spiro atoms. The summed E-state index contributed by atoms with van der Waals surface area (Å²) in [6.07, 6.45) is 6.55. The second-order valence-electron chi connectivity index (χ2n) is 16.3. The van der Waals surface area contributed by atoms with Gasteiger partial charge in [0.15, 0.2) is 0 Å². The van der Waals surface area contributed by atoms with Crippen molar-refractivity contribution in [2.45, 2.75) is 11.6 Å². The average molecular weight is 795 g/mol. The van der Waals surface area contributed by atoms with Gasteiger partial charge in [0, 0.05) is 34.8 Å². The van der Waals surface area contributed by atoms with Gasteiger partial charge in [0.2, 0.25) is 0 Å². The summed E-state index contributed by atoms with van der Waals surface area (Å²) >= 11 is 0. The molecule has 4 nitrogen and oxygen atoms in total. The molecule has 1 unspecified atom stereocenters. The van der Waals surface area contributed by atoms with E-state index in [1.165, 1.54) is 61.6 Å². The molecule has 8 aromatic carbocycles. The fourth-order valence-electron chi connectivity index (χ4n) is 10.1.